The molecule has 0 unspecified atom stereocenters. The number of aryl methyl sites for hydroxylation is 1. The Labute approximate surface area is 173 Å². The minimum atomic E-state index is -0.338. The smallest absolute Gasteiger partial charge is 0.270 e. The number of hydrogen-bond acceptors (Lipinski definition) is 4. The minimum absolute atomic E-state index is 0.228. The van der Waals surface area contributed by atoms with Gasteiger partial charge in [0, 0.05) is 17.3 Å². The Hall–Kier alpha value is -4.05. The van der Waals surface area contributed by atoms with Gasteiger partial charge in [0.15, 0.2) is 0 Å². The van der Waals surface area contributed by atoms with Gasteiger partial charge < -0.3 is 0 Å². The molecule has 30 heavy (non-hydrogen) atoms. The summed E-state index contributed by atoms with van der Waals surface area (Å²) in [7, 11) is 0. The second kappa shape index (κ2) is 8.13. The van der Waals surface area contributed by atoms with Crippen LogP contribution < -0.4 is 5.01 Å². The van der Waals surface area contributed by atoms with E-state index in [0.717, 1.165) is 5.56 Å². The van der Waals surface area contributed by atoms with E-state index in [1.807, 2.05) is 30.3 Å². The monoisotopic (exact) mass is 399 g/mol. The van der Waals surface area contributed by atoms with Crippen LogP contribution in [0.5, 0.6) is 0 Å². The van der Waals surface area contributed by atoms with Crippen LogP contribution in [-0.2, 0) is 11.3 Å². The molecule has 1 aliphatic rings. The molecule has 0 atom stereocenters. The van der Waals surface area contributed by atoms with E-state index < -0.39 is 0 Å². The van der Waals surface area contributed by atoms with Gasteiger partial charge in [-0.15, -0.1) is 0 Å². The Morgan fingerprint density at radius 3 is 2.57 bits per heavy atom. The summed E-state index contributed by atoms with van der Waals surface area (Å²) in [5.41, 5.74) is 3.78. The third kappa shape index (κ3) is 3.76. The van der Waals surface area contributed by atoms with Crippen LogP contribution >= 0.6 is 0 Å². The summed E-state index contributed by atoms with van der Waals surface area (Å²) in [5, 5.41) is 19.2. The molecule has 1 aromatic heterocycles. The Bertz CT molecular complexity index is 1190. The number of carbonyl (C=O) groups excluding carboxylic acids is 1. The molecule has 2 aromatic carbocycles. The molecule has 4 rings (SSSR count). The van der Waals surface area contributed by atoms with Crippen LogP contribution in [0.2, 0.25) is 0 Å². The van der Waals surface area contributed by atoms with Crippen LogP contribution in [0, 0.1) is 17.1 Å². The predicted molar refractivity (Wildman–Crippen MR) is 113 cm³/mol. The summed E-state index contributed by atoms with van der Waals surface area (Å²) in [6.45, 7) is 2.20. The Morgan fingerprint density at radius 2 is 1.87 bits per heavy atom. The maximum atomic E-state index is 13.4. The number of para-hydroxylation sites is 1. The summed E-state index contributed by atoms with van der Waals surface area (Å²) in [4.78, 5) is 13.0. The van der Waals surface area contributed by atoms with Crippen LogP contribution in [-0.4, -0.2) is 21.4 Å². The molecule has 0 fully saturated rings. The molecule has 0 saturated carbocycles. The minimum Gasteiger partial charge on any atom is -0.270 e. The molecule has 0 bridgehead atoms. The van der Waals surface area contributed by atoms with Gasteiger partial charge in [-0.3, -0.25) is 9.48 Å². The number of rotatable bonds is 5. The average Bonchev–Trinajstić information content (AvgIpc) is 3.29. The van der Waals surface area contributed by atoms with Crippen LogP contribution in [0.25, 0.3) is 17.3 Å². The van der Waals surface area contributed by atoms with Crippen molar-refractivity contribution in [2.24, 2.45) is 5.10 Å². The van der Waals surface area contributed by atoms with E-state index in [-0.39, 0.29) is 11.7 Å². The number of hydrogen-bond donors (Lipinski definition) is 0. The van der Waals surface area contributed by atoms with Gasteiger partial charge in [-0.1, -0.05) is 18.2 Å². The zero-order valence-electron chi connectivity index (χ0n) is 16.3. The third-order valence-corrected chi connectivity index (χ3v) is 4.72. The maximum absolute atomic E-state index is 13.4. The number of carbonyl (C=O) groups is 1. The highest BCUT2D eigenvalue weighted by Crippen LogP contribution is 2.28. The van der Waals surface area contributed by atoms with Gasteiger partial charge >= 0.3 is 0 Å². The fourth-order valence-electron chi connectivity index (χ4n) is 3.24. The number of halogens is 1. The van der Waals surface area contributed by atoms with E-state index in [1.165, 1.54) is 17.1 Å². The Balaban J connectivity index is 1.74. The number of nitrogens with zero attached hydrogens (tertiary/aromatic N) is 5. The highest BCUT2D eigenvalue weighted by atomic mass is 19.1. The van der Waals surface area contributed by atoms with Gasteiger partial charge in [0.25, 0.3) is 5.91 Å². The molecule has 0 N–H and O–H groups in total. The van der Waals surface area contributed by atoms with Crippen molar-refractivity contribution < 1.29 is 9.18 Å². The first-order valence-corrected chi connectivity index (χ1v) is 9.44. The Kier molecular flexibility index (Phi) is 5.22. The molecule has 7 heteroatoms. The maximum Gasteiger partial charge on any atom is 0.280 e. The van der Waals surface area contributed by atoms with Crippen molar-refractivity contribution in [3.63, 3.8) is 0 Å². The fourth-order valence-corrected chi connectivity index (χ4v) is 3.24. The second-order valence-electron chi connectivity index (χ2n) is 6.81. The van der Waals surface area contributed by atoms with Crippen molar-refractivity contribution in [3.8, 4) is 17.3 Å². The quantitative estimate of drug-likeness (QED) is 0.597. The van der Waals surface area contributed by atoms with Crippen LogP contribution in [0.3, 0.4) is 0 Å². The molecule has 3 aromatic rings. The van der Waals surface area contributed by atoms with Crippen molar-refractivity contribution in [1.82, 2.24) is 9.78 Å². The molecular weight excluding hydrogens is 381 g/mol. The van der Waals surface area contributed by atoms with Gasteiger partial charge in [-0.25, -0.2) is 4.39 Å². The number of nitriles is 1. The van der Waals surface area contributed by atoms with Crippen LogP contribution in [0.1, 0.15) is 18.9 Å². The SMILES string of the molecule is CC1=NN(c2ccccc2)C(=O)/C1=C\c1cn(CCC#N)nc1-c1ccc(F)cc1. The van der Waals surface area contributed by atoms with Crippen LogP contribution in [0.15, 0.2) is 71.5 Å². The third-order valence-electron chi connectivity index (χ3n) is 4.72. The highest BCUT2D eigenvalue weighted by molar-refractivity contribution is 6.32. The molecular formula is C23H18FN5O. The highest BCUT2D eigenvalue weighted by Gasteiger charge is 2.29. The Morgan fingerprint density at radius 1 is 1.13 bits per heavy atom. The molecule has 1 aliphatic heterocycles. The summed E-state index contributed by atoms with van der Waals surface area (Å²) in [6.07, 6.45) is 3.84. The van der Waals surface area contributed by atoms with E-state index in [1.54, 1.807) is 36.0 Å². The standard InChI is InChI=1S/C23H18FN5O/c1-16-21(23(30)29(26-16)20-6-3-2-4-7-20)14-18-15-28(13-5-12-25)27-22(18)17-8-10-19(24)11-9-17/h2-4,6-11,14-15H,5,13H2,1H3/b21-14-. The van der Waals surface area contributed by atoms with Gasteiger partial charge in [-0.2, -0.15) is 20.5 Å². The van der Waals surface area contributed by atoms with E-state index in [4.69, 9.17) is 5.26 Å². The van der Waals surface area contributed by atoms with Crippen molar-refractivity contribution in [3.05, 3.63) is 77.7 Å². The molecule has 0 radical (unpaired) electrons. The van der Waals surface area contributed by atoms with Crippen molar-refractivity contribution in [2.75, 3.05) is 5.01 Å². The zero-order valence-corrected chi connectivity index (χ0v) is 16.3. The first-order valence-electron chi connectivity index (χ1n) is 9.44. The van der Waals surface area contributed by atoms with Gasteiger partial charge in [0.2, 0.25) is 0 Å². The molecule has 6 nitrogen and oxygen atoms in total. The summed E-state index contributed by atoms with van der Waals surface area (Å²) >= 11 is 0. The number of benzene rings is 2. The lowest BCUT2D eigenvalue weighted by atomic mass is 10.0. The molecule has 1 amide bonds. The molecule has 0 aliphatic carbocycles. The lowest BCUT2D eigenvalue weighted by molar-refractivity contribution is -0.114. The van der Waals surface area contributed by atoms with E-state index in [9.17, 15) is 9.18 Å². The van der Waals surface area contributed by atoms with Crippen molar-refractivity contribution in [1.29, 1.82) is 5.26 Å². The molecule has 0 saturated heterocycles. The van der Waals surface area contributed by atoms with Gasteiger partial charge in [-0.05, 0) is 49.4 Å². The van der Waals surface area contributed by atoms with Crippen molar-refractivity contribution >= 4 is 23.4 Å². The number of aromatic nitrogens is 2. The fraction of sp³-hybridized carbons (Fsp3) is 0.130. The average molecular weight is 399 g/mol. The van der Waals surface area contributed by atoms with Crippen molar-refractivity contribution in [2.45, 2.75) is 19.9 Å². The predicted octanol–water partition coefficient (Wildman–Crippen LogP) is 4.41. The zero-order chi connectivity index (χ0) is 21.1. The number of hydrazone groups is 1. The molecule has 148 valence electrons. The summed E-state index contributed by atoms with van der Waals surface area (Å²) in [5.74, 6) is -0.566. The summed E-state index contributed by atoms with van der Waals surface area (Å²) < 4.78 is 15.0. The summed E-state index contributed by atoms with van der Waals surface area (Å²) in [6, 6.07) is 17.3. The first kappa shape index (κ1) is 19.3. The second-order valence-corrected chi connectivity index (χ2v) is 6.81. The first-order chi connectivity index (χ1) is 14.6. The van der Waals surface area contributed by atoms with Crippen LogP contribution in [0.4, 0.5) is 10.1 Å². The molecule has 0 spiro atoms. The lowest BCUT2D eigenvalue weighted by Gasteiger charge is -2.11. The van der Waals surface area contributed by atoms with E-state index in [2.05, 4.69) is 16.3 Å². The number of anilines is 1. The van der Waals surface area contributed by atoms with E-state index in [0.29, 0.717) is 41.2 Å². The normalized spacial score (nSPS) is 14.8. The molecule has 2 heterocycles. The van der Waals surface area contributed by atoms with E-state index >= 15 is 0 Å². The number of amides is 1. The lowest BCUT2D eigenvalue weighted by Crippen LogP contribution is -2.21. The largest absolute Gasteiger partial charge is 0.280 e. The topological polar surface area (TPSA) is 74.3 Å². The van der Waals surface area contributed by atoms with Gasteiger partial charge in [0.05, 0.1) is 41.7 Å². The van der Waals surface area contributed by atoms with Gasteiger partial charge in [0.1, 0.15) is 5.82 Å².